The fourth-order valence-corrected chi connectivity index (χ4v) is 11.2. The van der Waals surface area contributed by atoms with Crippen molar-refractivity contribution in [1.29, 1.82) is 0 Å². The summed E-state index contributed by atoms with van der Waals surface area (Å²) in [7, 11) is 0. The normalized spacial score (nSPS) is 14.2. The van der Waals surface area contributed by atoms with Crippen molar-refractivity contribution < 1.29 is 5.84 Å². The van der Waals surface area contributed by atoms with Crippen LogP contribution in [0.5, 0.6) is 0 Å². The Morgan fingerprint density at radius 2 is 0.918 bits per heavy atom. The molecule has 0 radical (unpaired) electrons. The number of nitrogens with zero attached hydrogens (tertiary/aromatic N) is 1. The summed E-state index contributed by atoms with van der Waals surface area (Å²) in [5.41, 5.74) is 22.5. The van der Waals surface area contributed by atoms with Crippen LogP contribution in [0.25, 0.3) is 66.4 Å². The highest BCUT2D eigenvalue weighted by molar-refractivity contribution is 6.13. The molecule has 2 heteroatoms. The fourth-order valence-electron chi connectivity index (χ4n) is 11.2. The molecule has 13 rings (SSSR count). The fraction of sp³-hybridized carbons (Fsp3) is 0.0847. The van der Waals surface area contributed by atoms with E-state index in [0.29, 0.717) is 0 Å². The van der Waals surface area contributed by atoms with Gasteiger partial charge in [-0.2, -0.15) is 0 Å². The molecule has 9 aromatic carbocycles. The number of hydrogen-bond acceptors (Lipinski definition) is 2. The molecular weight excluding hydrogens is 739 g/mol. The van der Waals surface area contributed by atoms with Gasteiger partial charge in [-0.05, 0) is 115 Å². The van der Waals surface area contributed by atoms with Gasteiger partial charge in [0.05, 0.1) is 5.41 Å². The van der Waals surface area contributed by atoms with E-state index in [1.807, 2.05) is 0 Å². The second-order valence-corrected chi connectivity index (χ2v) is 17.2. The summed E-state index contributed by atoms with van der Waals surface area (Å²) >= 11 is 0. The zero-order valence-electron chi connectivity index (χ0n) is 33.4. The van der Waals surface area contributed by atoms with Crippen molar-refractivity contribution in [2.45, 2.75) is 32.1 Å². The molecule has 1 aromatic heterocycles. The largest absolute Gasteiger partial charge is 0.455 e. The van der Waals surface area contributed by atoms with E-state index in [9.17, 15) is 0 Å². The van der Waals surface area contributed by atoms with Crippen LogP contribution in [0, 0.1) is 0 Å². The summed E-state index contributed by atoms with van der Waals surface area (Å²) in [5.74, 6) is 0. The Morgan fingerprint density at radius 1 is 0.393 bits per heavy atom. The van der Waals surface area contributed by atoms with E-state index < -0.39 is 5.41 Å². The molecule has 0 bridgehead atoms. The zero-order chi connectivity index (χ0) is 39.7. The Morgan fingerprint density at radius 3 is 1.62 bits per heavy atom. The standard InChI is InChI=1S/C58H39NO.CH4.H2/c1-57(2)48-20-10-6-16-41(48)44-30-28-39(34-52(44)57)59(38-26-24-37(25-27-38)36-14-4-3-5-15-36)40-29-31-47-53(35-40)58(49-21-11-7-17-42(49)43-18-8-12-22-50(43)58)51-33-32-46-45-19-9-13-23-54(45)60-56(46)55(47)51;;/h3-35H,1-2H3;1H4;1H. The minimum Gasteiger partial charge on any atom is -0.455 e. The first-order chi connectivity index (χ1) is 29.5. The molecule has 0 saturated carbocycles. The second-order valence-electron chi connectivity index (χ2n) is 17.2. The van der Waals surface area contributed by atoms with Crippen molar-refractivity contribution in [3.05, 3.63) is 234 Å². The van der Waals surface area contributed by atoms with E-state index in [1.54, 1.807) is 0 Å². The van der Waals surface area contributed by atoms with E-state index in [0.717, 1.165) is 39.0 Å². The molecular formula is C59H45NO. The van der Waals surface area contributed by atoms with E-state index in [-0.39, 0.29) is 14.3 Å². The molecule has 3 aliphatic rings. The average Bonchev–Trinajstić information content (AvgIpc) is 3.99. The molecule has 3 aliphatic carbocycles. The number of para-hydroxylation sites is 1. The minimum absolute atomic E-state index is 0. The maximum Gasteiger partial charge on any atom is 0.143 e. The summed E-state index contributed by atoms with van der Waals surface area (Å²) in [5, 5.41) is 2.30. The Bertz CT molecular complexity index is 3370. The molecule has 0 saturated heterocycles. The molecule has 0 unspecified atom stereocenters. The monoisotopic (exact) mass is 783 g/mol. The first-order valence-electron chi connectivity index (χ1n) is 21.0. The predicted octanol–water partition coefficient (Wildman–Crippen LogP) is 16.3. The van der Waals surface area contributed by atoms with Gasteiger partial charge in [-0.25, -0.2) is 0 Å². The first-order valence-corrected chi connectivity index (χ1v) is 21.0. The van der Waals surface area contributed by atoms with Crippen LogP contribution in [-0.2, 0) is 10.8 Å². The van der Waals surface area contributed by atoms with Crippen molar-refractivity contribution >= 4 is 39.0 Å². The number of hydrogen-bond donors (Lipinski definition) is 0. The van der Waals surface area contributed by atoms with Crippen LogP contribution in [0.2, 0.25) is 0 Å². The highest BCUT2D eigenvalue weighted by Gasteiger charge is 2.52. The lowest BCUT2D eigenvalue weighted by Gasteiger charge is -2.32. The van der Waals surface area contributed by atoms with E-state index in [2.05, 4.69) is 219 Å². The summed E-state index contributed by atoms with van der Waals surface area (Å²) in [6.45, 7) is 4.73. The van der Waals surface area contributed by atoms with Crippen LogP contribution in [0.1, 0.15) is 56.1 Å². The van der Waals surface area contributed by atoms with Crippen molar-refractivity contribution in [2.24, 2.45) is 0 Å². The molecule has 0 N–H and O–H groups in total. The zero-order valence-corrected chi connectivity index (χ0v) is 33.4. The molecule has 2 nitrogen and oxygen atoms in total. The molecule has 0 atom stereocenters. The molecule has 0 amide bonds. The van der Waals surface area contributed by atoms with Gasteiger partial charge >= 0.3 is 0 Å². The maximum absolute atomic E-state index is 6.87. The topological polar surface area (TPSA) is 16.4 Å². The number of fused-ring (bicyclic) bond motifs is 17. The summed E-state index contributed by atoms with van der Waals surface area (Å²) in [6, 6.07) is 74.1. The summed E-state index contributed by atoms with van der Waals surface area (Å²) in [4.78, 5) is 2.47. The van der Waals surface area contributed by atoms with Gasteiger partial charge < -0.3 is 9.32 Å². The SMILES string of the molecule is C.CC1(C)c2ccccc2-c2ccc(N(c3ccc(-c4ccccc4)cc3)c3ccc4c(c3)C3(c5ccccc5-c5ccccc53)c3ccc5c(oc6ccccc65)c3-4)cc21.[HH]. The van der Waals surface area contributed by atoms with Gasteiger partial charge in [0.1, 0.15) is 11.2 Å². The minimum atomic E-state index is -0.536. The third-order valence-electron chi connectivity index (χ3n) is 13.9. The third kappa shape index (κ3) is 4.68. The number of anilines is 3. The van der Waals surface area contributed by atoms with Crippen molar-refractivity contribution in [1.82, 2.24) is 0 Å². The summed E-state index contributed by atoms with van der Waals surface area (Å²) in [6.07, 6.45) is 0. The number of rotatable bonds is 4. The lowest BCUT2D eigenvalue weighted by molar-refractivity contribution is 0.660. The lowest BCUT2D eigenvalue weighted by Crippen LogP contribution is -2.26. The molecule has 292 valence electrons. The van der Waals surface area contributed by atoms with E-state index in [1.165, 1.54) is 77.9 Å². The van der Waals surface area contributed by atoms with Crippen LogP contribution < -0.4 is 4.90 Å². The third-order valence-corrected chi connectivity index (χ3v) is 13.9. The van der Waals surface area contributed by atoms with Gasteiger partial charge in [-0.3, -0.25) is 0 Å². The number of furan rings is 1. The molecule has 0 fully saturated rings. The van der Waals surface area contributed by atoms with E-state index >= 15 is 0 Å². The first kappa shape index (κ1) is 35.5. The Hall–Kier alpha value is -7.42. The van der Waals surface area contributed by atoms with Crippen molar-refractivity contribution in [3.8, 4) is 44.5 Å². The van der Waals surface area contributed by atoms with Gasteiger partial charge in [-0.15, -0.1) is 0 Å². The van der Waals surface area contributed by atoms with Crippen molar-refractivity contribution in [3.63, 3.8) is 0 Å². The van der Waals surface area contributed by atoms with Gasteiger partial charge in [0.2, 0.25) is 0 Å². The van der Waals surface area contributed by atoms with Crippen LogP contribution in [0.15, 0.2) is 205 Å². The molecule has 10 aromatic rings. The smallest absolute Gasteiger partial charge is 0.143 e. The maximum atomic E-state index is 6.87. The molecule has 1 heterocycles. The summed E-state index contributed by atoms with van der Waals surface area (Å²) < 4.78 is 6.87. The van der Waals surface area contributed by atoms with Crippen LogP contribution in [0.3, 0.4) is 0 Å². The molecule has 1 spiro atoms. The van der Waals surface area contributed by atoms with Crippen LogP contribution >= 0.6 is 0 Å². The predicted molar refractivity (Wildman–Crippen MR) is 257 cm³/mol. The Balaban J connectivity index is 0.00000216. The quantitative estimate of drug-likeness (QED) is 0.177. The molecule has 0 aliphatic heterocycles. The lowest BCUT2D eigenvalue weighted by atomic mass is 9.70. The van der Waals surface area contributed by atoms with E-state index in [4.69, 9.17) is 4.42 Å². The number of benzene rings is 9. The Labute approximate surface area is 358 Å². The Kier molecular flexibility index (Phi) is 7.45. The van der Waals surface area contributed by atoms with Gasteiger partial charge in [0, 0.05) is 40.2 Å². The van der Waals surface area contributed by atoms with Gasteiger partial charge in [0.25, 0.3) is 0 Å². The highest BCUT2D eigenvalue weighted by atomic mass is 16.3. The van der Waals surface area contributed by atoms with Crippen LogP contribution in [0.4, 0.5) is 17.1 Å². The highest BCUT2D eigenvalue weighted by Crippen LogP contribution is 2.65. The molecule has 61 heavy (non-hydrogen) atoms. The average molecular weight is 784 g/mol. The second kappa shape index (κ2) is 12.8. The van der Waals surface area contributed by atoms with Gasteiger partial charge in [0.15, 0.2) is 0 Å². The van der Waals surface area contributed by atoms with Crippen LogP contribution in [-0.4, -0.2) is 0 Å². The van der Waals surface area contributed by atoms with Crippen molar-refractivity contribution in [2.75, 3.05) is 4.90 Å². The van der Waals surface area contributed by atoms with Gasteiger partial charge in [-0.1, -0.05) is 179 Å².